The molecule has 3 aromatic carbocycles. The zero-order chi connectivity index (χ0) is 21.7. The Morgan fingerprint density at radius 1 is 0.967 bits per heavy atom. The van der Waals surface area contributed by atoms with Gasteiger partial charge in [-0.3, -0.25) is 9.10 Å². The van der Waals surface area contributed by atoms with E-state index in [4.69, 9.17) is 0 Å². The number of halogens is 1. The van der Waals surface area contributed by atoms with Gasteiger partial charge in [0.05, 0.1) is 16.6 Å². The number of sulfonamides is 1. The van der Waals surface area contributed by atoms with Crippen LogP contribution >= 0.6 is 0 Å². The number of aryl methyl sites for hydroxylation is 1. The number of hydrogen-bond donors (Lipinski definition) is 1. The quantitative estimate of drug-likeness (QED) is 0.616. The molecule has 0 saturated carbocycles. The van der Waals surface area contributed by atoms with Crippen LogP contribution in [0.2, 0.25) is 0 Å². The first kappa shape index (κ1) is 21.5. The van der Waals surface area contributed by atoms with E-state index in [2.05, 4.69) is 5.32 Å². The van der Waals surface area contributed by atoms with Crippen LogP contribution in [0.1, 0.15) is 24.1 Å². The number of nitrogens with one attached hydrogen (secondary N) is 1. The summed E-state index contributed by atoms with van der Waals surface area (Å²) in [5, 5.41) is 2.79. The number of para-hydroxylation sites is 1. The predicted octanol–water partition coefficient (Wildman–Crippen LogP) is 4.21. The SMILES string of the molecule is Cc1ccccc1N(CC(=O)NC(C)c1ccc(F)cc1)S(=O)(=O)c1ccccc1. The number of carbonyl (C=O) groups excluding carboxylic acids is 1. The Morgan fingerprint density at radius 3 is 2.20 bits per heavy atom. The lowest BCUT2D eigenvalue weighted by atomic mass is 10.1. The largest absolute Gasteiger partial charge is 0.348 e. The van der Waals surface area contributed by atoms with Gasteiger partial charge in [-0.25, -0.2) is 12.8 Å². The second-order valence-electron chi connectivity index (χ2n) is 6.95. The molecule has 5 nitrogen and oxygen atoms in total. The van der Waals surface area contributed by atoms with Gasteiger partial charge in [0.15, 0.2) is 0 Å². The third-order valence-electron chi connectivity index (χ3n) is 4.75. The zero-order valence-electron chi connectivity index (χ0n) is 16.7. The van der Waals surface area contributed by atoms with Crippen LogP contribution in [-0.4, -0.2) is 20.9 Å². The third kappa shape index (κ3) is 4.86. The number of amides is 1. The number of nitrogens with zero attached hydrogens (tertiary/aromatic N) is 1. The first-order valence-electron chi connectivity index (χ1n) is 9.47. The van der Waals surface area contributed by atoms with Crippen molar-refractivity contribution >= 4 is 21.6 Å². The van der Waals surface area contributed by atoms with E-state index < -0.39 is 22.0 Å². The summed E-state index contributed by atoms with van der Waals surface area (Å²) >= 11 is 0. The topological polar surface area (TPSA) is 66.5 Å². The van der Waals surface area contributed by atoms with Crippen molar-refractivity contribution in [3.63, 3.8) is 0 Å². The van der Waals surface area contributed by atoms with Crippen LogP contribution in [0, 0.1) is 12.7 Å². The number of hydrogen-bond acceptors (Lipinski definition) is 3. The maximum Gasteiger partial charge on any atom is 0.264 e. The molecule has 0 aliphatic carbocycles. The first-order chi connectivity index (χ1) is 14.3. The molecule has 0 bridgehead atoms. The molecule has 1 atom stereocenters. The van der Waals surface area contributed by atoms with E-state index >= 15 is 0 Å². The summed E-state index contributed by atoms with van der Waals surface area (Å²) in [6.45, 7) is 3.17. The summed E-state index contributed by atoms with van der Waals surface area (Å²) in [6, 6.07) is 20.4. The maximum absolute atomic E-state index is 13.3. The second kappa shape index (κ2) is 9.09. The van der Waals surface area contributed by atoms with E-state index in [0.29, 0.717) is 5.69 Å². The molecule has 1 unspecified atom stereocenters. The first-order valence-corrected chi connectivity index (χ1v) is 10.9. The molecule has 0 radical (unpaired) electrons. The minimum absolute atomic E-state index is 0.104. The Kier molecular flexibility index (Phi) is 6.52. The Hall–Kier alpha value is -3.19. The van der Waals surface area contributed by atoms with Crippen LogP contribution in [0.4, 0.5) is 10.1 Å². The molecule has 0 aliphatic rings. The molecule has 1 N–H and O–H groups in total. The van der Waals surface area contributed by atoms with Crippen molar-refractivity contribution in [1.29, 1.82) is 0 Å². The number of carbonyl (C=O) groups is 1. The molecule has 3 rings (SSSR count). The molecule has 0 spiro atoms. The minimum atomic E-state index is -3.95. The number of benzene rings is 3. The Balaban J connectivity index is 1.88. The normalized spacial score (nSPS) is 12.2. The van der Waals surface area contributed by atoms with E-state index in [-0.39, 0.29) is 17.3 Å². The summed E-state index contributed by atoms with van der Waals surface area (Å²) < 4.78 is 40.9. The van der Waals surface area contributed by atoms with Crippen molar-refractivity contribution in [2.75, 3.05) is 10.8 Å². The Morgan fingerprint density at radius 2 is 1.57 bits per heavy atom. The summed E-state index contributed by atoms with van der Waals surface area (Å²) in [7, 11) is -3.95. The maximum atomic E-state index is 13.3. The standard InChI is InChI=1S/C23H23FN2O3S/c1-17-8-6-7-11-22(17)26(30(28,29)21-9-4-3-5-10-21)16-23(27)25-18(2)19-12-14-20(24)15-13-19/h3-15,18H,16H2,1-2H3,(H,25,27). The summed E-state index contributed by atoms with van der Waals surface area (Å²) in [5.41, 5.74) is 1.89. The lowest BCUT2D eigenvalue weighted by molar-refractivity contribution is -0.120. The van der Waals surface area contributed by atoms with Gasteiger partial charge in [-0.05, 0) is 55.3 Å². The van der Waals surface area contributed by atoms with E-state index in [9.17, 15) is 17.6 Å². The van der Waals surface area contributed by atoms with E-state index in [1.807, 2.05) is 6.07 Å². The van der Waals surface area contributed by atoms with Gasteiger partial charge in [-0.15, -0.1) is 0 Å². The molecule has 30 heavy (non-hydrogen) atoms. The van der Waals surface area contributed by atoms with Crippen molar-refractivity contribution in [3.8, 4) is 0 Å². The molecular weight excluding hydrogens is 403 g/mol. The highest BCUT2D eigenvalue weighted by Gasteiger charge is 2.28. The van der Waals surface area contributed by atoms with Crippen LogP contribution in [0.25, 0.3) is 0 Å². The molecule has 7 heteroatoms. The Labute approximate surface area is 176 Å². The smallest absolute Gasteiger partial charge is 0.264 e. The van der Waals surface area contributed by atoms with E-state index in [0.717, 1.165) is 15.4 Å². The van der Waals surface area contributed by atoms with Crippen molar-refractivity contribution in [2.24, 2.45) is 0 Å². The molecule has 3 aromatic rings. The lowest BCUT2D eigenvalue weighted by Gasteiger charge is -2.26. The molecule has 0 aliphatic heterocycles. The zero-order valence-corrected chi connectivity index (χ0v) is 17.6. The van der Waals surface area contributed by atoms with Crippen molar-refractivity contribution < 1.29 is 17.6 Å². The van der Waals surface area contributed by atoms with Crippen molar-refractivity contribution in [2.45, 2.75) is 24.8 Å². The predicted molar refractivity (Wildman–Crippen MR) is 115 cm³/mol. The molecule has 0 fully saturated rings. The summed E-state index contributed by atoms with van der Waals surface area (Å²) in [5.74, 6) is -0.827. The highest BCUT2D eigenvalue weighted by molar-refractivity contribution is 7.92. The van der Waals surface area contributed by atoms with Gasteiger partial charge in [-0.1, -0.05) is 48.5 Å². The fraction of sp³-hybridized carbons (Fsp3) is 0.174. The monoisotopic (exact) mass is 426 g/mol. The molecule has 1 amide bonds. The van der Waals surface area contributed by atoms with Crippen molar-refractivity contribution in [3.05, 3.63) is 95.8 Å². The fourth-order valence-electron chi connectivity index (χ4n) is 3.11. The van der Waals surface area contributed by atoms with Gasteiger partial charge < -0.3 is 5.32 Å². The van der Waals surface area contributed by atoms with Crippen LogP contribution in [0.5, 0.6) is 0 Å². The van der Waals surface area contributed by atoms with Gasteiger partial charge in [0.25, 0.3) is 10.0 Å². The van der Waals surface area contributed by atoms with Crippen LogP contribution in [0.15, 0.2) is 83.8 Å². The molecule has 156 valence electrons. The van der Waals surface area contributed by atoms with Crippen LogP contribution < -0.4 is 9.62 Å². The van der Waals surface area contributed by atoms with Gasteiger partial charge in [0, 0.05) is 0 Å². The van der Waals surface area contributed by atoms with Crippen molar-refractivity contribution in [1.82, 2.24) is 5.32 Å². The third-order valence-corrected chi connectivity index (χ3v) is 6.52. The molecule has 0 heterocycles. The van der Waals surface area contributed by atoms with Gasteiger partial charge in [0.1, 0.15) is 12.4 Å². The highest BCUT2D eigenvalue weighted by Crippen LogP contribution is 2.26. The average molecular weight is 427 g/mol. The number of rotatable bonds is 7. The summed E-state index contributed by atoms with van der Waals surface area (Å²) in [6.07, 6.45) is 0. The fourth-order valence-corrected chi connectivity index (χ4v) is 4.62. The molecular formula is C23H23FN2O3S. The van der Waals surface area contributed by atoms with Crippen LogP contribution in [-0.2, 0) is 14.8 Å². The molecule has 0 saturated heterocycles. The average Bonchev–Trinajstić information content (AvgIpc) is 2.73. The number of anilines is 1. The van der Waals surface area contributed by atoms with E-state index in [1.54, 1.807) is 62.4 Å². The van der Waals surface area contributed by atoms with Gasteiger partial charge in [-0.2, -0.15) is 0 Å². The van der Waals surface area contributed by atoms with E-state index in [1.165, 1.54) is 24.3 Å². The molecule has 0 aromatic heterocycles. The lowest BCUT2D eigenvalue weighted by Crippen LogP contribution is -2.41. The second-order valence-corrected chi connectivity index (χ2v) is 8.81. The van der Waals surface area contributed by atoms with Gasteiger partial charge in [0.2, 0.25) is 5.91 Å². The summed E-state index contributed by atoms with van der Waals surface area (Å²) in [4.78, 5) is 12.9. The highest BCUT2D eigenvalue weighted by atomic mass is 32.2. The van der Waals surface area contributed by atoms with Crippen LogP contribution in [0.3, 0.4) is 0 Å². The Bertz CT molecular complexity index is 1120. The van der Waals surface area contributed by atoms with Gasteiger partial charge >= 0.3 is 0 Å². The minimum Gasteiger partial charge on any atom is -0.348 e.